The molecule has 1 rings (SSSR count). The Labute approximate surface area is 59.5 Å². The fourth-order valence-electron chi connectivity index (χ4n) is 0.829. The van der Waals surface area contributed by atoms with Crippen molar-refractivity contribution in [3.05, 3.63) is 0 Å². The lowest BCUT2D eigenvalue weighted by Crippen LogP contribution is -2.55. The number of hydrogen-bond donors (Lipinski definition) is 0. The van der Waals surface area contributed by atoms with E-state index in [1.54, 1.807) is 0 Å². The van der Waals surface area contributed by atoms with Gasteiger partial charge in [0.05, 0.1) is 0 Å². The molecule has 8 heavy (non-hydrogen) atoms. The summed E-state index contributed by atoms with van der Waals surface area (Å²) in [6.45, 7) is -4.10. The van der Waals surface area contributed by atoms with Gasteiger partial charge in [0.25, 0.3) is 0 Å². The van der Waals surface area contributed by atoms with Gasteiger partial charge in [0.2, 0.25) is 0 Å². The molecule has 0 aliphatic carbocycles. The molecule has 0 amide bonds. The third-order valence-corrected chi connectivity index (χ3v) is 1.41. The number of rotatable bonds is 1. The van der Waals surface area contributed by atoms with Crippen LogP contribution in [0.2, 0.25) is 0 Å². The molecule has 1 aliphatic rings. The van der Waals surface area contributed by atoms with Crippen LogP contribution in [0.15, 0.2) is 0 Å². The molecule has 0 saturated carbocycles. The number of likely N-dealkylation sites (N-methyl/N-ethyl adjacent to an activating group) is 2. The zero-order chi connectivity index (χ0) is 11.1. The van der Waals surface area contributed by atoms with Crippen LogP contribution in [0.25, 0.3) is 0 Å². The van der Waals surface area contributed by atoms with Crippen LogP contribution in [-0.4, -0.2) is 49.9 Å². The fraction of sp³-hybridized carbons (Fsp3) is 1.00. The summed E-state index contributed by atoms with van der Waals surface area (Å²) in [5.41, 5.74) is 0. The SMILES string of the molecule is [2H]C([2H])([2H])N(C1CN(C)C1)C([2H])([2H])[2H]. The summed E-state index contributed by atoms with van der Waals surface area (Å²) in [5, 5.41) is 0. The molecule has 1 saturated heterocycles. The molecule has 0 aromatic rings. The van der Waals surface area contributed by atoms with E-state index in [0.29, 0.717) is 18.0 Å². The van der Waals surface area contributed by atoms with Crippen molar-refractivity contribution < 1.29 is 8.22 Å². The molecule has 0 radical (unpaired) electrons. The van der Waals surface area contributed by atoms with Crippen LogP contribution in [0, 0.1) is 0 Å². The molecule has 1 heterocycles. The second-order valence-electron chi connectivity index (χ2n) is 2.25. The maximum atomic E-state index is 7.16. The predicted octanol–water partition coefficient (Wildman–Crippen LogP) is -0.138. The summed E-state index contributed by atoms with van der Waals surface area (Å²) in [6, 6.07) is -0.389. The maximum Gasteiger partial charge on any atom is 0.0394 e. The highest BCUT2D eigenvalue weighted by atomic mass is 15.3. The molecule has 2 nitrogen and oxygen atoms in total. The van der Waals surface area contributed by atoms with E-state index >= 15 is 0 Å². The summed E-state index contributed by atoms with van der Waals surface area (Å²) >= 11 is 0. The standard InChI is InChI=1S/C6H14N2/c1-7(2)6-4-8(3)5-6/h6H,4-5H2,1-3H3/i1D3,2D3. The van der Waals surface area contributed by atoms with Crippen molar-refractivity contribution in [3.8, 4) is 0 Å². The largest absolute Gasteiger partial charge is 0.304 e. The maximum absolute atomic E-state index is 7.16. The van der Waals surface area contributed by atoms with Gasteiger partial charge in [-0.1, -0.05) is 0 Å². The van der Waals surface area contributed by atoms with E-state index in [1.165, 1.54) is 0 Å². The molecule has 48 valence electrons. The van der Waals surface area contributed by atoms with Gasteiger partial charge >= 0.3 is 0 Å². The van der Waals surface area contributed by atoms with E-state index in [0.717, 1.165) is 0 Å². The van der Waals surface area contributed by atoms with Crippen molar-refractivity contribution >= 4 is 0 Å². The van der Waals surface area contributed by atoms with Gasteiger partial charge in [-0.3, -0.25) is 0 Å². The molecule has 0 spiro atoms. The summed E-state index contributed by atoms with van der Waals surface area (Å²) in [6.07, 6.45) is 0. The zero-order valence-corrected chi connectivity index (χ0v) is 4.89. The Balaban J connectivity index is 2.74. The highest BCUT2D eigenvalue weighted by Gasteiger charge is 2.23. The summed E-state index contributed by atoms with van der Waals surface area (Å²) in [4.78, 5) is 2.54. The predicted molar refractivity (Wildman–Crippen MR) is 35.0 cm³/mol. The Hall–Kier alpha value is -0.0800. The molecule has 0 unspecified atom stereocenters. The van der Waals surface area contributed by atoms with Crippen molar-refractivity contribution in [2.75, 3.05) is 34.1 Å². The van der Waals surface area contributed by atoms with Crippen LogP contribution in [-0.2, 0) is 0 Å². The van der Waals surface area contributed by atoms with E-state index in [1.807, 2.05) is 11.9 Å². The lowest BCUT2D eigenvalue weighted by molar-refractivity contribution is 0.0878. The molecular formula is C6H14N2. The van der Waals surface area contributed by atoms with Gasteiger partial charge in [-0.15, -0.1) is 0 Å². The quantitative estimate of drug-likeness (QED) is 0.475. The van der Waals surface area contributed by atoms with Crippen LogP contribution in [0.5, 0.6) is 0 Å². The molecule has 1 aliphatic heterocycles. The highest BCUT2D eigenvalue weighted by Crippen LogP contribution is 2.07. The Bertz CT molecular complexity index is 189. The molecule has 2 heteroatoms. The minimum absolute atomic E-state index is 0.389. The van der Waals surface area contributed by atoms with Gasteiger partial charge in [-0.25, -0.2) is 0 Å². The van der Waals surface area contributed by atoms with Crippen LogP contribution in [0.3, 0.4) is 0 Å². The van der Waals surface area contributed by atoms with Gasteiger partial charge in [-0.2, -0.15) is 0 Å². The number of likely N-dealkylation sites (tertiary alicyclic amines) is 1. The normalized spacial score (nSPS) is 38.2. The van der Waals surface area contributed by atoms with Crippen LogP contribution in [0.1, 0.15) is 8.22 Å². The van der Waals surface area contributed by atoms with Gasteiger partial charge in [0, 0.05) is 27.4 Å². The first kappa shape index (κ1) is 1.96. The van der Waals surface area contributed by atoms with E-state index in [4.69, 9.17) is 8.22 Å². The minimum Gasteiger partial charge on any atom is -0.304 e. The second-order valence-corrected chi connectivity index (χ2v) is 2.25. The Morgan fingerprint density at radius 2 is 2.25 bits per heavy atom. The Morgan fingerprint density at radius 3 is 2.62 bits per heavy atom. The monoisotopic (exact) mass is 120 g/mol. The lowest BCUT2D eigenvalue weighted by Gasteiger charge is -2.40. The van der Waals surface area contributed by atoms with Gasteiger partial charge in [0.15, 0.2) is 0 Å². The molecule has 0 aromatic heterocycles. The second kappa shape index (κ2) is 2.03. The van der Waals surface area contributed by atoms with E-state index < -0.39 is 14.0 Å². The average Bonchev–Trinajstić information content (AvgIpc) is 1.76. The summed E-state index contributed by atoms with van der Waals surface area (Å²) < 4.78 is 43.0. The molecular weight excluding hydrogens is 100 g/mol. The van der Waals surface area contributed by atoms with Gasteiger partial charge < -0.3 is 9.80 Å². The molecule has 0 N–H and O–H groups in total. The topological polar surface area (TPSA) is 6.48 Å². The summed E-state index contributed by atoms with van der Waals surface area (Å²) in [7, 11) is 1.83. The lowest BCUT2D eigenvalue weighted by atomic mass is 10.1. The third-order valence-electron chi connectivity index (χ3n) is 1.41. The van der Waals surface area contributed by atoms with Crippen molar-refractivity contribution in [2.24, 2.45) is 0 Å². The average molecular weight is 120 g/mol. The van der Waals surface area contributed by atoms with Crippen LogP contribution in [0.4, 0.5) is 0 Å². The first-order valence-corrected chi connectivity index (χ1v) is 2.60. The van der Waals surface area contributed by atoms with Crippen molar-refractivity contribution in [1.29, 1.82) is 0 Å². The van der Waals surface area contributed by atoms with Crippen molar-refractivity contribution in [2.45, 2.75) is 6.04 Å². The van der Waals surface area contributed by atoms with Crippen molar-refractivity contribution in [3.63, 3.8) is 0 Å². The Morgan fingerprint density at radius 1 is 1.62 bits per heavy atom. The molecule has 0 atom stereocenters. The van der Waals surface area contributed by atoms with E-state index in [2.05, 4.69) is 0 Å². The third kappa shape index (κ3) is 1.01. The van der Waals surface area contributed by atoms with Crippen LogP contribution >= 0.6 is 0 Å². The summed E-state index contributed by atoms with van der Waals surface area (Å²) in [5.74, 6) is 0. The molecule has 0 aromatic carbocycles. The Kier molecular flexibility index (Phi) is 0.498. The highest BCUT2D eigenvalue weighted by molar-refractivity contribution is 4.82. The van der Waals surface area contributed by atoms with Gasteiger partial charge in [-0.05, 0) is 21.0 Å². The zero-order valence-electron chi connectivity index (χ0n) is 10.9. The minimum atomic E-state index is -2.54. The number of hydrogen-bond acceptors (Lipinski definition) is 2. The smallest absolute Gasteiger partial charge is 0.0394 e. The van der Waals surface area contributed by atoms with E-state index in [9.17, 15) is 0 Å². The molecule has 1 fully saturated rings. The van der Waals surface area contributed by atoms with Crippen molar-refractivity contribution in [1.82, 2.24) is 9.80 Å². The first-order valence-electron chi connectivity index (χ1n) is 5.60. The molecule has 0 bridgehead atoms. The number of nitrogens with zero attached hydrogens (tertiary/aromatic N) is 2. The first-order chi connectivity index (χ1) is 6.12. The van der Waals surface area contributed by atoms with Crippen LogP contribution < -0.4 is 0 Å². The van der Waals surface area contributed by atoms with E-state index in [-0.39, 0.29) is 6.04 Å². The van der Waals surface area contributed by atoms with Gasteiger partial charge in [0.1, 0.15) is 0 Å². The fourth-order valence-corrected chi connectivity index (χ4v) is 0.829.